The zero-order valence-corrected chi connectivity index (χ0v) is 26.3. The minimum atomic E-state index is -1.88. The highest BCUT2D eigenvalue weighted by Crippen LogP contribution is 2.41. The Morgan fingerprint density at radius 1 is 0.720 bits per heavy atom. The number of aliphatic hydroxyl groups excluding tert-OH is 8. The Bertz CT molecular complexity index is 1620. The second kappa shape index (κ2) is 14.6. The van der Waals surface area contributed by atoms with E-state index in [1.807, 2.05) is 0 Å². The van der Waals surface area contributed by atoms with Crippen molar-refractivity contribution < 1.29 is 89.0 Å². The van der Waals surface area contributed by atoms with Gasteiger partial charge in [-0.05, 0) is 31.2 Å². The number of phenols is 3. The van der Waals surface area contributed by atoms with Crippen molar-refractivity contribution >= 4 is 11.0 Å². The zero-order chi connectivity index (χ0) is 36.0. The lowest BCUT2D eigenvalue weighted by Crippen LogP contribution is -2.64. The van der Waals surface area contributed by atoms with Crippen LogP contribution in [0.25, 0.3) is 22.3 Å². The normalized spacial score (nSPS) is 37.9. The van der Waals surface area contributed by atoms with Crippen LogP contribution >= 0.6 is 0 Å². The Kier molecular flexibility index (Phi) is 10.6. The first-order chi connectivity index (χ1) is 23.7. The van der Waals surface area contributed by atoms with Crippen molar-refractivity contribution in [2.45, 2.75) is 92.9 Å². The fraction of sp³-hybridized carbons (Fsp3) is 0.531. The molecule has 0 spiro atoms. The molecule has 3 aliphatic rings. The predicted molar refractivity (Wildman–Crippen MR) is 163 cm³/mol. The van der Waals surface area contributed by atoms with Gasteiger partial charge in [-0.15, -0.1) is 0 Å². The third-order valence-corrected chi connectivity index (χ3v) is 8.81. The van der Waals surface area contributed by atoms with E-state index < -0.39 is 105 Å². The zero-order valence-electron chi connectivity index (χ0n) is 26.3. The van der Waals surface area contributed by atoms with Crippen LogP contribution in [0.1, 0.15) is 6.92 Å². The Morgan fingerprint density at radius 2 is 1.42 bits per heavy atom. The summed E-state index contributed by atoms with van der Waals surface area (Å²) in [6.45, 7) is 0.401. The Morgan fingerprint density at radius 3 is 2.14 bits per heavy atom. The van der Waals surface area contributed by atoms with Gasteiger partial charge in [0.25, 0.3) is 0 Å². The summed E-state index contributed by atoms with van der Waals surface area (Å²) in [6.07, 6.45) is -22.3. The minimum absolute atomic E-state index is 0.0222. The van der Waals surface area contributed by atoms with Gasteiger partial charge in [0.05, 0.1) is 30.9 Å². The third kappa shape index (κ3) is 7.16. The molecule has 0 amide bonds. The lowest BCUT2D eigenvalue weighted by molar-refractivity contribution is -0.352. The molecular formula is C32H39O18+. The molecule has 6 rings (SSSR count). The van der Waals surface area contributed by atoms with Gasteiger partial charge in [0, 0.05) is 12.1 Å². The van der Waals surface area contributed by atoms with Crippen LogP contribution in [0.4, 0.5) is 0 Å². The van der Waals surface area contributed by atoms with Crippen molar-refractivity contribution in [3.63, 3.8) is 0 Å². The highest BCUT2D eigenvalue weighted by molar-refractivity contribution is 5.88. The van der Waals surface area contributed by atoms with Gasteiger partial charge in [-0.2, -0.15) is 0 Å². The predicted octanol–water partition coefficient (Wildman–Crippen LogP) is -2.01. The summed E-state index contributed by atoms with van der Waals surface area (Å²) in [6, 6.07) is 9.27. The highest BCUT2D eigenvalue weighted by Gasteiger charge is 2.51. The summed E-state index contributed by atoms with van der Waals surface area (Å²) < 4.78 is 40.4. The van der Waals surface area contributed by atoms with E-state index in [1.165, 1.54) is 43.3 Å². The van der Waals surface area contributed by atoms with Gasteiger partial charge in [-0.25, -0.2) is 4.42 Å². The molecule has 4 heterocycles. The van der Waals surface area contributed by atoms with Crippen LogP contribution < -0.4 is 4.74 Å². The van der Waals surface area contributed by atoms with E-state index in [4.69, 9.17) is 32.8 Å². The molecule has 14 unspecified atom stereocenters. The third-order valence-electron chi connectivity index (χ3n) is 8.81. The first-order valence-electron chi connectivity index (χ1n) is 15.7. The van der Waals surface area contributed by atoms with Crippen LogP contribution in [0.15, 0.2) is 46.9 Å². The van der Waals surface area contributed by atoms with Gasteiger partial charge in [0.15, 0.2) is 18.7 Å². The molecule has 1 aromatic heterocycles. The summed E-state index contributed by atoms with van der Waals surface area (Å²) >= 11 is 0. The molecule has 11 N–H and O–H groups in total. The lowest BCUT2D eigenvalue weighted by Gasteiger charge is -2.45. The average Bonchev–Trinajstić information content (AvgIpc) is 3.08. The number of aromatic hydroxyl groups is 3. The summed E-state index contributed by atoms with van der Waals surface area (Å²) in [7, 11) is 0. The van der Waals surface area contributed by atoms with Crippen LogP contribution in [0.5, 0.6) is 23.0 Å². The van der Waals surface area contributed by atoms with Crippen LogP contribution in [0, 0.1) is 0 Å². The summed E-state index contributed by atoms with van der Waals surface area (Å²) in [5.41, 5.74) is 0.355. The molecule has 3 aromatic rings. The van der Waals surface area contributed by atoms with E-state index in [0.29, 0.717) is 5.56 Å². The first kappa shape index (κ1) is 36.3. The van der Waals surface area contributed by atoms with E-state index in [1.54, 1.807) is 0 Å². The number of phenolic OH excluding ortho intramolecular Hbond substituents is 3. The van der Waals surface area contributed by atoms with E-state index in [2.05, 4.69) is 0 Å². The van der Waals surface area contributed by atoms with Crippen LogP contribution in [-0.4, -0.2) is 155 Å². The van der Waals surface area contributed by atoms with E-state index in [9.17, 15) is 56.2 Å². The molecule has 0 saturated carbocycles. The molecule has 3 aliphatic heterocycles. The maximum atomic E-state index is 11.3. The molecule has 2 aromatic carbocycles. The molecule has 0 aliphatic carbocycles. The van der Waals surface area contributed by atoms with Gasteiger partial charge in [0.2, 0.25) is 12.0 Å². The fourth-order valence-electron chi connectivity index (χ4n) is 5.89. The van der Waals surface area contributed by atoms with E-state index in [0.717, 1.165) is 6.07 Å². The summed E-state index contributed by atoms with van der Waals surface area (Å²) in [5.74, 6) is -0.952. The number of ether oxygens (including phenoxy) is 6. The Hall–Kier alpha value is -3.47. The highest BCUT2D eigenvalue weighted by atomic mass is 16.8. The topological polar surface area (TPSA) is 289 Å². The molecule has 3 saturated heterocycles. The number of rotatable bonds is 8. The number of aliphatic hydroxyl groups is 8. The maximum Gasteiger partial charge on any atom is 0.402 e. The van der Waals surface area contributed by atoms with Crippen molar-refractivity contribution in [2.75, 3.05) is 13.2 Å². The van der Waals surface area contributed by atoms with Crippen molar-refractivity contribution in [3.05, 3.63) is 42.5 Å². The smallest absolute Gasteiger partial charge is 0.402 e. The number of benzene rings is 2. The average molecular weight is 712 g/mol. The van der Waals surface area contributed by atoms with Gasteiger partial charge >= 0.3 is 11.3 Å². The number of hydrogen-bond donors (Lipinski definition) is 11. The quantitative estimate of drug-likeness (QED) is 0.113. The second-order valence-electron chi connectivity index (χ2n) is 12.4. The Balaban J connectivity index is 1.34. The van der Waals surface area contributed by atoms with Crippen LogP contribution in [-0.2, 0) is 23.7 Å². The standard InChI is InChI=1S/C32H38O18/c1-11-21(37)24(40)27(43)30(46-11)45-10-20-23(39)25(41)29(50-31-26(42)22(38)17(36)9-44-31)32(49-20)48-19-8-15-16(35)6-14(34)7-18(15)47-28(19)12-2-4-13(33)5-3-12/h2-8,11,17,20-27,29-32,36-43H,9-10H2,1H3,(H2-,33,34,35)/p+1. The molecule has 0 radical (unpaired) electrons. The lowest BCUT2D eigenvalue weighted by atomic mass is 9.98. The Labute approximate surface area is 283 Å². The first-order valence-corrected chi connectivity index (χ1v) is 15.7. The van der Waals surface area contributed by atoms with E-state index >= 15 is 0 Å². The molecular weight excluding hydrogens is 672 g/mol. The van der Waals surface area contributed by atoms with Crippen molar-refractivity contribution in [1.82, 2.24) is 0 Å². The summed E-state index contributed by atoms with van der Waals surface area (Å²) in [5, 5.41) is 114. The van der Waals surface area contributed by atoms with Gasteiger partial charge in [0.1, 0.15) is 77.6 Å². The molecule has 274 valence electrons. The van der Waals surface area contributed by atoms with Crippen LogP contribution in [0.2, 0.25) is 0 Å². The molecule has 3 fully saturated rings. The van der Waals surface area contributed by atoms with Gasteiger partial charge in [-0.1, -0.05) is 0 Å². The summed E-state index contributed by atoms with van der Waals surface area (Å²) in [4.78, 5) is 0. The second-order valence-corrected chi connectivity index (χ2v) is 12.4. The number of hydrogen-bond acceptors (Lipinski definition) is 17. The largest absolute Gasteiger partial charge is 0.508 e. The molecule has 14 atom stereocenters. The maximum absolute atomic E-state index is 11.3. The molecule has 0 bridgehead atoms. The molecule has 18 heteroatoms. The monoisotopic (exact) mass is 711 g/mol. The molecule has 50 heavy (non-hydrogen) atoms. The van der Waals surface area contributed by atoms with E-state index in [-0.39, 0.29) is 34.0 Å². The molecule has 18 nitrogen and oxygen atoms in total. The van der Waals surface area contributed by atoms with Crippen LogP contribution in [0.3, 0.4) is 0 Å². The van der Waals surface area contributed by atoms with Crippen molar-refractivity contribution in [2.24, 2.45) is 0 Å². The minimum Gasteiger partial charge on any atom is -0.508 e. The SMILES string of the molecule is CC1OC(OCC2OC(Oc3cc4c(O)cc(O)cc4[o+]c3-c3ccc(O)cc3)C(OC3OCC(O)C(O)C3O)C(O)C2O)C(O)C(O)C1O. The fourth-order valence-corrected chi connectivity index (χ4v) is 5.89. The van der Waals surface area contributed by atoms with Gasteiger partial charge < -0.3 is 84.6 Å². The number of fused-ring (bicyclic) bond motifs is 1. The van der Waals surface area contributed by atoms with Gasteiger partial charge in [-0.3, -0.25) is 0 Å². The van der Waals surface area contributed by atoms with Crippen molar-refractivity contribution in [1.29, 1.82) is 0 Å². The van der Waals surface area contributed by atoms with Crippen molar-refractivity contribution in [3.8, 4) is 34.3 Å².